The first kappa shape index (κ1) is 13.5. The van der Waals surface area contributed by atoms with Gasteiger partial charge in [-0.15, -0.1) is 0 Å². The van der Waals surface area contributed by atoms with Crippen LogP contribution >= 0.6 is 0 Å². The molecule has 2 aromatic heterocycles. The molecule has 0 radical (unpaired) electrons. The van der Waals surface area contributed by atoms with Crippen molar-refractivity contribution in [1.82, 2.24) is 15.0 Å². The Bertz CT molecular complexity index is 738. The molecule has 106 valence electrons. The highest BCUT2D eigenvalue weighted by Gasteiger charge is 2.20. The first-order valence-electron chi connectivity index (χ1n) is 7.01. The third kappa shape index (κ3) is 2.99. The summed E-state index contributed by atoms with van der Waals surface area (Å²) < 4.78 is 0. The average Bonchev–Trinajstić information content (AvgIpc) is 2.54. The second kappa shape index (κ2) is 5.48. The monoisotopic (exact) mass is 278 g/mol. The maximum Gasteiger partial charge on any atom is 0.223 e. The predicted molar refractivity (Wildman–Crippen MR) is 85.3 cm³/mol. The smallest absolute Gasteiger partial charge is 0.223 e. The molecule has 2 heterocycles. The van der Waals surface area contributed by atoms with Crippen molar-refractivity contribution in [2.75, 3.05) is 11.9 Å². The van der Waals surface area contributed by atoms with E-state index in [-0.39, 0.29) is 5.41 Å². The Hall–Kier alpha value is -2.49. The van der Waals surface area contributed by atoms with Crippen molar-refractivity contribution in [1.29, 1.82) is 0 Å². The van der Waals surface area contributed by atoms with Gasteiger partial charge in [-0.1, -0.05) is 38.1 Å². The minimum absolute atomic E-state index is 0.0384. The molecular weight excluding hydrogens is 260 g/mol. The van der Waals surface area contributed by atoms with Crippen molar-refractivity contribution >= 4 is 16.9 Å². The molecule has 0 aliphatic heterocycles. The molecule has 21 heavy (non-hydrogen) atoms. The van der Waals surface area contributed by atoms with Gasteiger partial charge in [0.05, 0.1) is 5.52 Å². The van der Waals surface area contributed by atoms with Gasteiger partial charge in [0.2, 0.25) is 5.95 Å². The molecule has 0 amide bonds. The topological polar surface area (TPSA) is 50.7 Å². The van der Waals surface area contributed by atoms with E-state index in [4.69, 9.17) is 0 Å². The van der Waals surface area contributed by atoms with Crippen LogP contribution in [0.25, 0.3) is 10.9 Å². The zero-order chi connectivity index (χ0) is 14.7. The molecule has 1 aromatic carbocycles. The van der Waals surface area contributed by atoms with Crippen LogP contribution in [-0.4, -0.2) is 21.5 Å². The minimum atomic E-state index is -0.0384. The van der Waals surface area contributed by atoms with Gasteiger partial charge in [-0.2, -0.15) is 0 Å². The Balaban J connectivity index is 1.77. The van der Waals surface area contributed by atoms with E-state index < -0.39 is 0 Å². The molecule has 0 saturated carbocycles. The normalized spacial score (nSPS) is 11.5. The summed E-state index contributed by atoms with van der Waals surface area (Å²) in [5.74, 6) is 0.658. The van der Waals surface area contributed by atoms with Crippen LogP contribution in [-0.2, 0) is 5.41 Å². The van der Waals surface area contributed by atoms with Crippen LogP contribution in [0.5, 0.6) is 0 Å². The molecule has 4 heteroatoms. The summed E-state index contributed by atoms with van der Waals surface area (Å²) >= 11 is 0. The van der Waals surface area contributed by atoms with Crippen molar-refractivity contribution in [2.24, 2.45) is 0 Å². The maximum absolute atomic E-state index is 4.53. The summed E-state index contributed by atoms with van der Waals surface area (Å²) in [4.78, 5) is 13.1. The standard InChI is InChI=1S/C17H18N4/c1-17(2,14-7-5-9-18-11-14)12-20-16-19-10-13-6-3-4-8-15(13)21-16/h3-11H,12H2,1-2H3,(H,19,20,21). The molecule has 4 nitrogen and oxygen atoms in total. The molecule has 3 rings (SSSR count). The quantitative estimate of drug-likeness (QED) is 0.794. The van der Waals surface area contributed by atoms with Gasteiger partial charge >= 0.3 is 0 Å². The molecule has 1 N–H and O–H groups in total. The van der Waals surface area contributed by atoms with E-state index >= 15 is 0 Å². The van der Waals surface area contributed by atoms with Gasteiger partial charge < -0.3 is 5.32 Å². The highest BCUT2D eigenvalue weighted by atomic mass is 15.1. The Morgan fingerprint density at radius 2 is 1.90 bits per heavy atom. The van der Waals surface area contributed by atoms with Crippen molar-refractivity contribution in [3.63, 3.8) is 0 Å². The molecule has 0 unspecified atom stereocenters. The fourth-order valence-corrected chi connectivity index (χ4v) is 2.22. The van der Waals surface area contributed by atoms with Crippen LogP contribution in [0.2, 0.25) is 0 Å². The summed E-state index contributed by atoms with van der Waals surface area (Å²) in [7, 11) is 0. The maximum atomic E-state index is 4.53. The van der Waals surface area contributed by atoms with Gasteiger partial charge in [-0.3, -0.25) is 4.98 Å². The average molecular weight is 278 g/mol. The van der Waals surface area contributed by atoms with E-state index in [1.807, 2.05) is 42.7 Å². The number of nitrogens with one attached hydrogen (secondary N) is 1. The summed E-state index contributed by atoms with van der Waals surface area (Å²) in [5.41, 5.74) is 2.11. The van der Waals surface area contributed by atoms with Crippen LogP contribution < -0.4 is 5.32 Å². The minimum Gasteiger partial charge on any atom is -0.353 e. The molecule has 0 fully saturated rings. The van der Waals surface area contributed by atoms with Gasteiger partial charge in [0.25, 0.3) is 0 Å². The van der Waals surface area contributed by atoms with Crippen molar-refractivity contribution < 1.29 is 0 Å². The second-order valence-corrected chi connectivity index (χ2v) is 5.73. The van der Waals surface area contributed by atoms with Crippen LogP contribution in [0.4, 0.5) is 5.95 Å². The molecule has 0 bridgehead atoms. The van der Waals surface area contributed by atoms with E-state index in [1.165, 1.54) is 5.56 Å². The third-order valence-corrected chi connectivity index (χ3v) is 3.62. The largest absolute Gasteiger partial charge is 0.353 e. The van der Waals surface area contributed by atoms with E-state index in [2.05, 4.69) is 40.2 Å². The highest BCUT2D eigenvalue weighted by molar-refractivity contribution is 5.78. The number of benzene rings is 1. The molecule has 3 aromatic rings. The molecule has 0 aliphatic rings. The van der Waals surface area contributed by atoms with Crippen LogP contribution in [0.1, 0.15) is 19.4 Å². The van der Waals surface area contributed by atoms with Crippen molar-refractivity contribution in [2.45, 2.75) is 19.3 Å². The number of pyridine rings is 1. The lowest BCUT2D eigenvalue weighted by atomic mass is 9.86. The Kier molecular flexibility index (Phi) is 3.52. The molecule has 0 spiro atoms. The van der Waals surface area contributed by atoms with Gasteiger partial charge in [-0.25, -0.2) is 9.97 Å². The lowest BCUT2D eigenvalue weighted by Crippen LogP contribution is -2.28. The van der Waals surface area contributed by atoms with E-state index in [9.17, 15) is 0 Å². The summed E-state index contributed by atoms with van der Waals surface area (Å²) in [6, 6.07) is 12.0. The lowest BCUT2D eigenvalue weighted by Gasteiger charge is -2.25. The van der Waals surface area contributed by atoms with Crippen LogP contribution in [0.3, 0.4) is 0 Å². The first-order valence-corrected chi connectivity index (χ1v) is 7.01. The highest BCUT2D eigenvalue weighted by Crippen LogP contribution is 2.22. The van der Waals surface area contributed by atoms with Crippen LogP contribution in [0, 0.1) is 0 Å². The number of anilines is 1. The van der Waals surface area contributed by atoms with E-state index in [0.717, 1.165) is 17.4 Å². The summed E-state index contributed by atoms with van der Waals surface area (Å²) in [6.45, 7) is 5.10. The Morgan fingerprint density at radius 3 is 2.71 bits per heavy atom. The van der Waals surface area contributed by atoms with Crippen LogP contribution in [0.15, 0.2) is 55.0 Å². The number of aromatic nitrogens is 3. The third-order valence-electron chi connectivity index (χ3n) is 3.62. The van der Waals surface area contributed by atoms with E-state index in [1.54, 1.807) is 6.20 Å². The summed E-state index contributed by atoms with van der Waals surface area (Å²) in [6.07, 6.45) is 5.55. The van der Waals surface area contributed by atoms with Gasteiger partial charge in [0.1, 0.15) is 0 Å². The second-order valence-electron chi connectivity index (χ2n) is 5.73. The predicted octanol–water partition coefficient (Wildman–Crippen LogP) is 3.41. The molecule has 0 saturated heterocycles. The van der Waals surface area contributed by atoms with Gasteiger partial charge in [0, 0.05) is 35.9 Å². The van der Waals surface area contributed by atoms with E-state index in [0.29, 0.717) is 5.95 Å². The number of hydrogen-bond acceptors (Lipinski definition) is 4. The van der Waals surface area contributed by atoms with Gasteiger partial charge in [-0.05, 0) is 17.7 Å². The molecule has 0 atom stereocenters. The Labute approximate surface area is 124 Å². The Morgan fingerprint density at radius 1 is 1.05 bits per heavy atom. The molecular formula is C17H18N4. The lowest BCUT2D eigenvalue weighted by molar-refractivity contribution is 0.553. The first-order chi connectivity index (χ1) is 10.1. The fourth-order valence-electron chi connectivity index (χ4n) is 2.22. The zero-order valence-electron chi connectivity index (χ0n) is 12.2. The number of rotatable bonds is 4. The number of para-hydroxylation sites is 1. The number of nitrogens with zero attached hydrogens (tertiary/aromatic N) is 3. The van der Waals surface area contributed by atoms with Crippen molar-refractivity contribution in [3.8, 4) is 0 Å². The van der Waals surface area contributed by atoms with Gasteiger partial charge in [0.15, 0.2) is 0 Å². The summed E-state index contributed by atoms with van der Waals surface area (Å²) in [5, 5.41) is 4.38. The fraction of sp³-hybridized carbons (Fsp3) is 0.235. The molecule has 0 aliphatic carbocycles. The van der Waals surface area contributed by atoms with Crippen molar-refractivity contribution in [3.05, 3.63) is 60.6 Å². The number of hydrogen-bond donors (Lipinski definition) is 1. The SMILES string of the molecule is CC(C)(CNc1ncc2ccccc2n1)c1cccnc1. The zero-order valence-corrected chi connectivity index (χ0v) is 12.2. The number of fused-ring (bicyclic) bond motifs is 1.